The molecule has 11 rings (SSSR count). The Morgan fingerprint density at radius 3 is 1.81 bits per heavy atom. The van der Waals surface area contributed by atoms with Gasteiger partial charge < -0.3 is 5.32 Å². The summed E-state index contributed by atoms with van der Waals surface area (Å²) >= 11 is 0. The fraction of sp³-hybridized carbons (Fsp3) is 0.0980. The maximum absolute atomic E-state index is 5.66. The van der Waals surface area contributed by atoms with E-state index >= 15 is 0 Å². The van der Waals surface area contributed by atoms with Crippen LogP contribution in [-0.2, 0) is 5.79 Å². The standard InChI is InChI=1S/C51H39N7/c1-33-27-28-39-41-30-29-40-38-25-15-16-26-44(38)57(50-53-48(36-21-11-5-12-22-36)52-49(54-50)37-23-13-6-14-24-37)46(40)47(41)58(45(39)31-33)51(2)55-42(34-17-7-3-8-18-34)32-43(56-51)35-19-9-4-10-20-35/h3-26,28-33,55H,27H2,1-2H3. The molecular formula is C51H39N7. The van der Waals surface area contributed by atoms with Crippen LogP contribution in [0.5, 0.6) is 0 Å². The largest absolute Gasteiger partial charge is 0.344 e. The first-order valence-corrected chi connectivity index (χ1v) is 19.9. The molecule has 3 aromatic heterocycles. The molecule has 2 aliphatic rings. The summed E-state index contributed by atoms with van der Waals surface area (Å²) in [7, 11) is 0. The average molecular weight is 750 g/mol. The van der Waals surface area contributed by atoms with Crippen LogP contribution < -0.4 is 15.9 Å². The lowest BCUT2D eigenvalue weighted by atomic mass is 10.0. The first-order valence-electron chi connectivity index (χ1n) is 19.9. The third-order valence-corrected chi connectivity index (χ3v) is 11.4. The van der Waals surface area contributed by atoms with E-state index in [0.717, 1.165) is 78.1 Å². The third-order valence-electron chi connectivity index (χ3n) is 11.4. The molecule has 7 nitrogen and oxygen atoms in total. The molecular weight excluding hydrogens is 711 g/mol. The summed E-state index contributed by atoms with van der Waals surface area (Å²) in [6.07, 6.45) is 7.96. The van der Waals surface area contributed by atoms with Crippen LogP contribution >= 0.6 is 0 Å². The lowest BCUT2D eigenvalue weighted by Crippen LogP contribution is -2.51. The molecule has 0 spiro atoms. The molecule has 7 heteroatoms. The first-order chi connectivity index (χ1) is 28.5. The van der Waals surface area contributed by atoms with E-state index in [0.29, 0.717) is 23.5 Å². The predicted octanol–water partition coefficient (Wildman–Crippen LogP) is 9.62. The molecule has 0 radical (unpaired) electrons. The van der Waals surface area contributed by atoms with Crippen molar-refractivity contribution in [2.24, 2.45) is 10.9 Å². The maximum atomic E-state index is 5.66. The van der Waals surface area contributed by atoms with E-state index in [9.17, 15) is 0 Å². The lowest BCUT2D eigenvalue weighted by molar-refractivity contribution is 0.300. The zero-order valence-electron chi connectivity index (χ0n) is 32.2. The van der Waals surface area contributed by atoms with Gasteiger partial charge in [-0.15, -0.1) is 0 Å². The van der Waals surface area contributed by atoms with Gasteiger partial charge in [-0.25, -0.2) is 9.98 Å². The highest BCUT2D eigenvalue weighted by atomic mass is 15.4. The van der Waals surface area contributed by atoms with Crippen molar-refractivity contribution in [3.05, 3.63) is 185 Å². The minimum Gasteiger partial charge on any atom is -0.344 e. The molecule has 58 heavy (non-hydrogen) atoms. The number of allylic oxidation sites excluding steroid dienone is 1. The summed E-state index contributed by atoms with van der Waals surface area (Å²) in [5, 5.41) is 9.72. The molecule has 2 atom stereocenters. The Labute approximate surface area is 335 Å². The van der Waals surface area contributed by atoms with Crippen molar-refractivity contribution in [2.45, 2.75) is 26.1 Å². The van der Waals surface area contributed by atoms with Gasteiger partial charge in [0.25, 0.3) is 0 Å². The van der Waals surface area contributed by atoms with Gasteiger partial charge in [0.05, 0.1) is 22.3 Å². The van der Waals surface area contributed by atoms with Gasteiger partial charge in [-0.2, -0.15) is 9.97 Å². The van der Waals surface area contributed by atoms with Crippen molar-refractivity contribution in [2.75, 3.05) is 0 Å². The molecule has 1 aliphatic heterocycles. The molecule has 0 fully saturated rings. The van der Waals surface area contributed by atoms with Crippen molar-refractivity contribution in [1.82, 2.24) is 29.4 Å². The highest BCUT2D eigenvalue weighted by molar-refractivity contribution is 6.18. The van der Waals surface area contributed by atoms with Gasteiger partial charge in [0.2, 0.25) is 11.7 Å². The van der Waals surface area contributed by atoms with Crippen molar-refractivity contribution < 1.29 is 0 Å². The SMILES string of the molecule is CC1C=c2c(c3ccc4c5ccccc5n(-c5nc(-c6ccccc6)nc(-c6ccccc6)n5)c4c3n2C2(C)N=C(c3ccccc3)C=C(c3ccccc3)N2)=CC1. The van der Waals surface area contributed by atoms with E-state index in [-0.39, 0.29) is 0 Å². The first kappa shape index (κ1) is 33.9. The smallest absolute Gasteiger partial charge is 0.238 e. The normalized spacial score (nSPS) is 17.6. The minimum absolute atomic E-state index is 0.344. The van der Waals surface area contributed by atoms with E-state index in [4.69, 9.17) is 19.9 Å². The number of fused-ring (bicyclic) bond motifs is 7. The third kappa shape index (κ3) is 5.50. The van der Waals surface area contributed by atoms with E-state index in [1.807, 2.05) is 36.4 Å². The zero-order chi connectivity index (χ0) is 38.8. The number of hydrogen-bond donors (Lipinski definition) is 1. The van der Waals surface area contributed by atoms with Gasteiger partial charge >= 0.3 is 0 Å². The van der Waals surface area contributed by atoms with Crippen molar-refractivity contribution in [3.8, 4) is 28.7 Å². The summed E-state index contributed by atoms with van der Waals surface area (Å²) in [4.78, 5) is 21.3. The Morgan fingerprint density at radius 2 is 1.16 bits per heavy atom. The van der Waals surface area contributed by atoms with E-state index < -0.39 is 5.79 Å². The number of rotatable bonds is 6. The summed E-state index contributed by atoms with van der Waals surface area (Å²) in [6, 6.07) is 54.5. The number of hydrogen-bond acceptors (Lipinski definition) is 5. The Bertz CT molecular complexity index is 3180. The van der Waals surface area contributed by atoms with Crippen molar-refractivity contribution in [1.29, 1.82) is 0 Å². The quantitative estimate of drug-likeness (QED) is 0.184. The van der Waals surface area contributed by atoms with E-state index in [2.05, 4.69) is 168 Å². The van der Waals surface area contributed by atoms with Crippen LogP contribution in [0.3, 0.4) is 0 Å². The number of nitrogens with one attached hydrogen (secondary N) is 1. The highest BCUT2D eigenvalue weighted by Gasteiger charge is 2.35. The second-order valence-electron chi connectivity index (χ2n) is 15.4. The number of benzene rings is 6. The molecule has 0 saturated heterocycles. The van der Waals surface area contributed by atoms with Crippen LogP contribution in [0.25, 0.3) is 79.3 Å². The molecule has 0 bridgehead atoms. The van der Waals surface area contributed by atoms with Gasteiger partial charge in [-0.3, -0.25) is 9.13 Å². The monoisotopic (exact) mass is 749 g/mol. The molecule has 0 saturated carbocycles. The highest BCUT2D eigenvalue weighted by Crippen LogP contribution is 2.38. The maximum Gasteiger partial charge on any atom is 0.238 e. The van der Waals surface area contributed by atoms with Crippen LogP contribution in [0.2, 0.25) is 0 Å². The minimum atomic E-state index is -0.947. The number of nitrogens with zero attached hydrogens (tertiary/aromatic N) is 6. The van der Waals surface area contributed by atoms with Crippen LogP contribution in [0.15, 0.2) is 169 Å². The number of aliphatic imine (C=N–C) groups is 1. The molecule has 1 aliphatic carbocycles. The fourth-order valence-electron chi connectivity index (χ4n) is 8.80. The molecule has 278 valence electrons. The molecule has 1 N–H and O–H groups in total. The summed E-state index contributed by atoms with van der Waals surface area (Å²) in [5.74, 6) is 1.18. The average Bonchev–Trinajstić information content (AvgIpc) is 3.80. The predicted molar refractivity (Wildman–Crippen MR) is 237 cm³/mol. The molecule has 0 amide bonds. The zero-order valence-corrected chi connectivity index (χ0v) is 32.2. The van der Waals surface area contributed by atoms with Crippen molar-refractivity contribution in [3.63, 3.8) is 0 Å². The van der Waals surface area contributed by atoms with Gasteiger partial charge in [0.15, 0.2) is 11.6 Å². The number of aromatic nitrogens is 5. The molecule has 2 unspecified atom stereocenters. The van der Waals surface area contributed by atoms with E-state index in [1.165, 1.54) is 5.22 Å². The second kappa shape index (κ2) is 13.4. The molecule has 9 aromatic rings. The fourth-order valence-corrected chi connectivity index (χ4v) is 8.80. The van der Waals surface area contributed by atoms with Crippen LogP contribution in [0.1, 0.15) is 31.4 Å². The Balaban J connectivity index is 1.28. The van der Waals surface area contributed by atoms with Crippen LogP contribution in [0.4, 0.5) is 0 Å². The molecule has 6 aromatic carbocycles. The van der Waals surface area contributed by atoms with Crippen molar-refractivity contribution >= 4 is 56.3 Å². The van der Waals surface area contributed by atoms with Crippen LogP contribution in [-0.4, -0.2) is 29.8 Å². The van der Waals surface area contributed by atoms with Gasteiger partial charge in [0, 0.05) is 43.6 Å². The summed E-state index contributed by atoms with van der Waals surface area (Å²) < 4.78 is 4.69. The Kier molecular flexibility index (Phi) is 7.83. The molecule has 4 heterocycles. The Morgan fingerprint density at radius 1 is 0.586 bits per heavy atom. The van der Waals surface area contributed by atoms with E-state index in [1.54, 1.807) is 0 Å². The van der Waals surface area contributed by atoms with Gasteiger partial charge in [0.1, 0.15) is 0 Å². The summed E-state index contributed by atoms with van der Waals surface area (Å²) in [5.41, 5.74) is 9.01. The van der Waals surface area contributed by atoms with Gasteiger partial charge in [-0.05, 0) is 42.5 Å². The van der Waals surface area contributed by atoms with Crippen LogP contribution in [0, 0.1) is 5.92 Å². The lowest BCUT2D eigenvalue weighted by Gasteiger charge is -2.36. The topological polar surface area (TPSA) is 72.9 Å². The Hall–Kier alpha value is -7.38. The van der Waals surface area contributed by atoms with Gasteiger partial charge in [-0.1, -0.05) is 171 Å². The summed E-state index contributed by atoms with van der Waals surface area (Å²) in [6.45, 7) is 4.49. The number of para-hydroxylation sites is 1. The second-order valence-corrected chi connectivity index (χ2v) is 15.4.